The number of nitrogens with one attached hydrogen (secondary N) is 1. The third kappa shape index (κ3) is 4.21. The first kappa shape index (κ1) is 15.3. The number of carbonyl (C=O) groups is 1. The summed E-state index contributed by atoms with van der Waals surface area (Å²) in [6, 6.07) is 5.96. The zero-order valence-electron chi connectivity index (χ0n) is 13.1. The van der Waals surface area contributed by atoms with Crippen LogP contribution >= 0.6 is 0 Å². The van der Waals surface area contributed by atoms with Crippen molar-refractivity contribution in [1.82, 2.24) is 20.1 Å². The van der Waals surface area contributed by atoms with E-state index in [9.17, 15) is 4.79 Å². The number of piperidine rings is 1. The predicted molar refractivity (Wildman–Crippen MR) is 88.8 cm³/mol. The summed E-state index contributed by atoms with van der Waals surface area (Å²) >= 11 is 0. The molecule has 0 saturated carbocycles. The third-order valence-corrected chi connectivity index (χ3v) is 4.04. The zero-order valence-corrected chi connectivity index (χ0v) is 13.1. The Morgan fingerprint density at radius 2 is 2.35 bits per heavy atom. The second-order valence-corrected chi connectivity index (χ2v) is 5.92. The molecule has 0 radical (unpaired) electrons. The van der Waals surface area contributed by atoms with Crippen LogP contribution in [0, 0.1) is 5.92 Å². The number of anilines is 2. The average molecular weight is 314 g/mol. The summed E-state index contributed by atoms with van der Waals surface area (Å²) in [7, 11) is 0. The van der Waals surface area contributed by atoms with E-state index < -0.39 is 0 Å². The molecule has 1 fully saturated rings. The van der Waals surface area contributed by atoms with Crippen molar-refractivity contribution in [2.24, 2.45) is 5.92 Å². The van der Waals surface area contributed by atoms with Gasteiger partial charge in [0.25, 0.3) is 0 Å². The molecule has 1 amide bonds. The van der Waals surface area contributed by atoms with Crippen molar-refractivity contribution in [1.29, 1.82) is 0 Å². The Balaban J connectivity index is 1.47. The van der Waals surface area contributed by atoms with E-state index in [0.717, 1.165) is 31.7 Å². The van der Waals surface area contributed by atoms with Crippen molar-refractivity contribution < 1.29 is 4.79 Å². The molecule has 122 valence electrons. The third-order valence-electron chi connectivity index (χ3n) is 4.04. The quantitative estimate of drug-likeness (QED) is 0.855. The van der Waals surface area contributed by atoms with Gasteiger partial charge in [0.15, 0.2) is 0 Å². The van der Waals surface area contributed by atoms with Crippen LogP contribution in [0.15, 0.2) is 36.8 Å². The summed E-state index contributed by atoms with van der Waals surface area (Å²) in [6.45, 7) is 2.83. The second kappa shape index (κ2) is 7.13. The van der Waals surface area contributed by atoms with E-state index in [4.69, 9.17) is 5.73 Å². The lowest BCUT2D eigenvalue weighted by Crippen LogP contribution is -2.41. The Bertz CT molecular complexity index is 641. The van der Waals surface area contributed by atoms with E-state index in [1.165, 1.54) is 0 Å². The maximum Gasteiger partial charge on any atom is 0.241 e. The number of nitrogen functional groups attached to an aromatic ring is 1. The van der Waals surface area contributed by atoms with Gasteiger partial charge in [0, 0.05) is 32.0 Å². The highest BCUT2D eigenvalue weighted by molar-refractivity contribution is 5.75. The van der Waals surface area contributed by atoms with Gasteiger partial charge >= 0.3 is 0 Å². The van der Waals surface area contributed by atoms with Gasteiger partial charge < -0.3 is 16.0 Å². The number of nitrogens with zero attached hydrogens (tertiary/aromatic N) is 4. The molecule has 2 aromatic heterocycles. The Labute approximate surface area is 135 Å². The van der Waals surface area contributed by atoms with Crippen molar-refractivity contribution in [3.8, 4) is 0 Å². The molecule has 3 N–H and O–H groups in total. The van der Waals surface area contributed by atoms with Gasteiger partial charge in [-0.2, -0.15) is 5.10 Å². The molecule has 1 saturated heterocycles. The van der Waals surface area contributed by atoms with E-state index in [1.807, 2.05) is 24.4 Å². The Morgan fingerprint density at radius 3 is 3.09 bits per heavy atom. The topological polar surface area (TPSA) is 89.1 Å². The standard InChI is InChI=1S/C16H22N6O/c17-14-9-20-22(11-14)12-16(23)19-8-13-4-3-7-21(10-13)15-5-1-2-6-18-15/h1-2,5-6,9,11,13H,3-4,7-8,10,12,17H2,(H,19,23)/t13-/m0/s1. The fourth-order valence-corrected chi connectivity index (χ4v) is 2.91. The molecule has 0 unspecified atom stereocenters. The average Bonchev–Trinajstić information content (AvgIpc) is 2.99. The first-order chi connectivity index (χ1) is 11.2. The van der Waals surface area contributed by atoms with E-state index in [-0.39, 0.29) is 12.5 Å². The Hall–Kier alpha value is -2.57. The smallest absolute Gasteiger partial charge is 0.241 e. The summed E-state index contributed by atoms with van der Waals surface area (Å²) in [6.07, 6.45) is 7.25. The first-order valence-corrected chi connectivity index (χ1v) is 7.91. The van der Waals surface area contributed by atoms with Gasteiger partial charge in [-0.25, -0.2) is 4.98 Å². The highest BCUT2D eigenvalue weighted by Gasteiger charge is 2.21. The summed E-state index contributed by atoms with van der Waals surface area (Å²) in [5.74, 6) is 1.41. The fraction of sp³-hybridized carbons (Fsp3) is 0.438. The summed E-state index contributed by atoms with van der Waals surface area (Å²) in [5, 5.41) is 7.01. The molecular formula is C16H22N6O. The molecule has 1 aliphatic rings. The zero-order chi connectivity index (χ0) is 16.1. The molecule has 2 aromatic rings. The Morgan fingerprint density at radius 1 is 1.43 bits per heavy atom. The van der Waals surface area contributed by atoms with Crippen molar-refractivity contribution in [2.45, 2.75) is 19.4 Å². The largest absolute Gasteiger partial charge is 0.396 e. The first-order valence-electron chi connectivity index (χ1n) is 7.91. The number of carbonyl (C=O) groups excluding carboxylic acids is 1. The number of aromatic nitrogens is 3. The predicted octanol–water partition coefficient (Wildman–Crippen LogP) is 0.893. The molecule has 3 heterocycles. The maximum absolute atomic E-state index is 12.0. The molecule has 7 heteroatoms. The van der Waals surface area contributed by atoms with Gasteiger partial charge in [-0.1, -0.05) is 6.07 Å². The SMILES string of the molecule is Nc1cnn(CC(=O)NC[C@@H]2CCCN(c3ccccn3)C2)c1. The van der Waals surface area contributed by atoms with Gasteiger partial charge in [0.2, 0.25) is 5.91 Å². The van der Waals surface area contributed by atoms with E-state index in [0.29, 0.717) is 18.2 Å². The lowest BCUT2D eigenvalue weighted by Gasteiger charge is -2.33. The molecular weight excluding hydrogens is 292 g/mol. The lowest BCUT2D eigenvalue weighted by molar-refractivity contribution is -0.122. The lowest BCUT2D eigenvalue weighted by atomic mass is 9.98. The molecule has 3 rings (SSSR count). The van der Waals surface area contributed by atoms with Crippen LogP contribution in [0.3, 0.4) is 0 Å². The van der Waals surface area contributed by atoms with Crippen LogP contribution in [0.2, 0.25) is 0 Å². The van der Waals surface area contributed by atoms with Crippen molar-refractivity contribution in [2.75, 3.05) is 30.3 Å². The minimum Gasteiger partial charge on any atom is -0.396 e. The maximum atomic E-state index is 12.0. The van der Waals surface area contributed by atoms with Crippen LogP contribution in [0.1, 0.15) is 12.8 Å². The minimum absolute atomic E-state index is 0.0388. The minimum atomic E-state index is -0.0388. The van der Waals surface area contributed by atoms with Gasteiger partial charge in [-0.05, 0) is 30.9 Å². The molecule has 7 nitrogen and oxygen atoms in total. The van der Waals surface area contributed by atoms with Crippen LogP contribution in [-0.4, -0.2) is 40.3 Å². The Kier molecular flexibility index (Phi) is 4.75. The molecule has 1 atom stereocenters. The monoisotopic (exact) mass is 314 g/mol. The highest BCUT2D eigenvalue weighted by Crippen LogP contribution is 2.20. The molecule has 23 heavy (non-hydrogen) atoms. The number of pyridine rings is 1. The molecule has 0 bridgehead atoms. The fourth-order valence-electron chi connectivity index (χ4n) is 2.91. The number of hydrogen-bond donors (Lipinski definition) is 2. The van der Waals surface area contributed by atoms with Crippen LogP contribution < -0.4 is 16.0 Å². The second-order valence-electron chi connectivity index (χ2n) is 5.92. The van der Waals surface area contributed by atoms with Crippen molar-refractivity contribution in [3.05, 3.63) is 36.8 Å². The van der Waals surface area contributed by atoms with Crippen LogP contribution in [0.25, 0.3) is 0 Å². The number of nitrogens with two attached hydrogens (primary N) is 1. The molecule has 0 aromatic carbocycles. The van der Waals surface area contributed by atoms with Crippen molar-refractivity contribution >= 4 is 17.4 Å². The van der Waals surface area contributed by atoms with E-state index in [2.05, 4.69) is 20.3 Å². The normalized spacial score (nSPS) is 17.9. The van der Waals surface area contributed by atoms with Gasteiger partial charge in [-0.3, -0.25) is 9.48 Å². The number of amides is 1. The van der Waals surface area contributed by atoms with Gasteiger partial charge in [0.1, 0.15) is 12.4 Å². The summed E-state index contributed by atoms with van der Waals surface area (Å²) < 4.78 is 1.55. The molecule has 0 aliphatic carbocycles. The van der Waals surface area contributed by atoms with Gasteiger partial charge in [0.05, 0.1) is 11.9 Å². The molecule has 0 spiro atoms. The van der Waals surface area contributed by atoms with Crippen LogP contribution in [-0.2, 0) is 11.3 Å². The van der Waals surface area contributed by atoms with Gasteiger partial charge in [-0.15, -0.1) is 0 Å². The summed E-state index contributed by atoms with van der Waals surface area (Å²) in [5.41, 5.74) is 6.16. The van der Waals surface area contributed by atoms with E-state index in [1.54, 1.807) is 17.1 Å². The summed E-state index contributed by atoms with van der Waals surface area (Å²) in [4.78, 5) is 18.7. The highest BCUT2D eigenvalue weighted by atomic mass is 16.2. The van der Waals surface area contributed by atoms with Crippen LogP contribution in [0.4, 0.5) is 11.5 Å². The number of rotatable bonds is 5. The van der Waals surface area contributed by atoms with E-state index >= 15 is 0 Å². The molecule has 1 aliphatic heterocycles. The van der Waals surface area contributed by atoms with Crippen molar-refractivity contribution in [3.63, 3.8) is 0 Å². The number of hydrogen-bond acceptors (Lipinski definition) is 5. The van der Waals surface area contributed by atoms with Crippen LogP contribution in [0.5, 0.6) is 0 Å².